The van der Waals surface area contributed by atoms with E-state index in [0.29, 0.717) is 6.04 Å². The quantitative estimate of drug-likeness (QED) is 0.540. The number of benzene rings is 2. The number of carbonyl (C=O) groups excluding carboxylic acids is 2. The van der Waals surface area contributed by atoms with E-state index in [1.54, 1.807) is 11.8 Å². The average molecular weight is 521 g/mol. The smallest absolute Gasteiger partial charge is 0.371 e. The fraction of sp³-hybridized carbons (Fsp3) is 0.462. The van der Waals surface area contributed by atoms with Crippen LogP contribution in [0.15, 0.2) is 53.4 Å². The molecule has 2 aromatic carbocycles. The van der Waals surface area contributed by atoms with Crippen molar-refractivity contribution in [2.45, 2.75) is 42.4 Å². The van der Waals surface area contributed by atoms with Crippen LogP contribution >= 0.6 is 11.8 Å². The summed E-state index contributed by atoms with van der Waals surface area (Å²) in [6.07, 6.45) is 0.522. The van der Waals surface area contributed by atoms with E-state index in [2.05, 4.69) is 51.0 Å². The van der Waals surface area contributed by atoms with Crippen molar-refractivity contribution in [2.75, 3.05) is 43.9 Å². The predicted molar refractivity (Wildman–Crippen MR) is 135 cm³/mol. The largest absolute Gasteiger partial charge is 0.416 e. The molecule has 36 heavy (non-hydrogen) atoms. The molecule has 0 unspecified atom stereocenters. The van der Waals surface area contributed by atoms with Crippen molar-refractivity contribution in [1.82, 2.24) is 15.5 Å². The molecule has 10 heteroatoms. The number of hydrogen-bond donors (Lipinski definition) is 2. The number of nitrogens with zero attached hydrogens (tertiary/aromatic N) is 2. The Labute approximate surface area is 213 Å². The van der Waals surface area contributed by atoms with Gasteiger partial charge in [-0.3, -0.25) is 14.5 Å². The number of anilines is 1. The lowest BCUT2D eigenvalue weighted by Gasteiger charge is -2.38. The third-order valence-corrected chi connectivity index (χ3v) is 7.57. The Kier molecular flexibility index (Phi) is 8.46. The number of rotatable bonds is 7. The van der Waals surface area contributed by atoms with E-state index in [1.165, 1.54) is 22.7 Å². The summed E-state index contributed by atoms with van der Waals surface area (Å²) < 4.78 is 38.6. The van der Waals surface area contributed by atoms with Gasteiger partial charge in [0.1, 0.15) is 0 Å². The minimum absolute atomic E-state index is 0.000695. The first-order valence-corrected chi connectivity index (χ1v) is 13.3. The Bertz CT molecular complexity index is 1070. The topological polar surface area (TPSA) is 64.7 Å². The maximum absolute atomic E-state index is 12.9. The molecular formula is C26H31F3N4O2S. The van der Waals surface area contributed by atoms with Crippen LogP contribution in [0.5, 0.6) is 0 Å². The van der Waals surface area contributed by atoms with E-state index >= 15 is 0 Å². The minimum atomic E-state index is -4.53. The van der Waals surface area contributed by atoms with E-state index in [1.807, 2.05) is 0 Å². The van der Waals surface area contributed by atoms with Crippen LogP contribution < -0.4 is 15.5 Å². The molecule has 0 bridgehead atoms. The van der Waals surface area contributed by atoms with Crippen LogP contribution in [0.3, 0.4) is 0 Å². The fourth-order valence-electron chi connectivity index (χ4n) is 4.91. The zero-order valence-electron chi connectivity index (χ0n) is 20.2. The Balaban J connectivity index is 1.20. The number of thioether (sulfide) groups is 1. The number of hydrogen-bond acceptors (Lipinski definition) is 5. The SMILES string of the molecule is CSc1cccc(N2CCC(N3CC[C@@H](NC(=O)CNC(=O)c4cccc(C(F)(F)F)c4)C3)CC2)c1. The number of likely N-dealkylation sites (tertiary alicyclic amines) is 1. The molecule has 194 valence electrons. The van der Waals surface area contributed by atoms with Gasteiger partial charge < -0.3 is 15.5 Å². The molecular weight excluding hydrogens is 489 g/mol. The lowest BCUT2D eigenvalue weighted by molar-refractivity contribution is -0.137. The molecule has 2 heterocycles. The van der Waals surface area contributed by atoms with E-state index in [4.69, 9.17) is 0 Å². The number of amides is 2. The monoisotopic (exact) mass is 520 g/mol. The zero-order valence-corrected chi connectivity index (χ0v) is 21.0. The third kappa shape index (κ3) is 6.73. The van der Waals surface area contributed by atoms with Crippen LogP contribution in [0.2, 0.25) is 0 Å². The van der Waals surface area contributed by atoms with Crippen molar-refractivity contribution in [1.29, 1.82) is 0 Å². The van der Waals surface area contributed by atoms with Crippen molar-refractivity contribution in [3.63, 3.8) is 0 Å². The second kappa shape index (κ2) is 11.6. The van der Waals surface area contributed by atoms with Gasteiger partial charge in [0.15, 0.2) is 0 Å². The summed E-state index contributed by atoms with van der Waals surface area (Å²) in [5, 5.41) is 5.37. The summed E-state index contributed by atoms with van der Waals surface area (Å²) in [5.74, 6) is -1.05. The summed E-state index contributed by atoms with van der Waals surface area (Å²) in [5.41, 5.74) is 0.236. The van der Waals surface area contributed by atoms with E-state index in [-0.39, 0.29) is 24.1 Å². The molecule has 0 saturated carbocycles. The molecule has 0 aromatic heterocycles. The van der Waals surface area contributed by atoms with Gasteiger partial charge in [-0.2, -0.15) is 13.2 Å². The fourth-order valence-corrected chi connectivity index (χ4v) is 5.36. The van der Waals surface area contributed by atoms with Gasteiger partial charge in [0, 0.05) is 54.4 Å². The number of nitrogens with one attached hydrogen (secondary N) is 2. The van der Waals surface area contributed by atoms with Gasteiger partial charge in [-0.05, 0) is 61.9 Å². The normalized spacial score (nSPS) is 19.3. The van der Waals surface area contributed by atoms with Gasteiger partial charge in [-0.15, -0.1) is 11.8 Å². The third-order valence-electron chi connectivity index (χ3n) is 6.85. The highest BCUT2D eigenvalue weighted by molar-refractivity contribution is 7.98. The van der Waals surface area contributed by atoms with Gasteiger partial charge in [0.2, 0.25) is 5.91 Å². The predicted octanol–water partition coefficient (Wildman–Crippen LogP) is 4.02. The van der Waals surface area contributed by atoms with Crippen molar-refractivity contribution in [3.8, 4) is 0 Å². The van der Waals surface area contributed by atoms with Crippen LogP contribution in [-0.4, -0.2) is 67.8 Å². The van der Waals surface area contributed by atoms with Crippen molar-refractivity contribution in [2.24, 2.45) is 0 Å². The molecule has 2 fully saturated rings. The Morgan fingerprint density at radius 2 is 1.78 bits per heavy atom. The van der Waals surface area contributed by atoms with Crippen LogP contribution in [0.25, 0.3) is 0 Å². The first-order chi connectivity index (χ1) is 17.2. The number of alkyl halides is 3. The van der Waals surface area contributed by atoms with E-state index in [9.17, 15) is 22.8 Å². The highest BCUT2D eigenvalue weighted by atomic mass is 32.2. The van der Waals surface area contributed by atoms with Gasteiger partial charge in [0.25, 0.3) is 5.91 Å². The molecule has 2 aliphatic heterocycles. The molecule has 6 nitrogen and oxygen atoms in total. The Morgan fingerprint density at radius 1 is 1.03 bits per heavy atom. The van der Waals surface area contributed by atoms with Gasteiger partial charge in [-0.25, -0.2) is 0 Å². The second-order valence-electron chi connectivity index (χ2n) is 9.23. The molecule has 1 atom stereocenters. The van der Waals surface area contributed by atoms with Gasteiger partial charge >= 0.3 is 6.18 Å². The standard InChI is InChI=1S/C26H31F3N4O2S/c1-36-23-7-3-6-22(15-23)32-12-9-21(10-13-32)33-11-8-20(17-33)31-24(34)16-30-25(35)18-4-2-5-19(14-18)26(27,28)29/h2-7,14-15,20-21H,8-13,16-17H2,1H3,(H,30,35)(H,31,34)/t20-/m1/s1. The second-order valence-corrected chi connectivity index (χ2v) is 10.1. The Hall–Kier alpha value is -2.72. The lowest BCUT2D eigenvalue weighted by Crippen LogP contribution is -2.46. The first kappa shape index (κ1) is 26.3. The van der Waals surface area contributed by atoms with Crippen LogP contribution in [0, 0.1) is 0 Å². The summed E-state index contributed by atoms with van der Waals surface area (Å²) in [4.78, 5) is 30.7. The summed E-state index contributed by atoms with van der Waals surface area (Å²) in [6, 6.07) is 13.3. The molecule has 0 spiro atoms. The number of halogens is 3. The molecule has 2 aromatic rings. The lowest BCUT2D eigenvalue weighted by atomic mass is 10.0. The summed E-state index contributed by atoms with van der Waals surface area (Å²) >= 11 is 1.74. The van der Waals surface area contributed by atoms with Gasteiger partial charge in [-0.1, -0.05) is 12.1 Å². The van der Waals surface area contributed by atoms with E-state index in [0.717, 1.165) is 57.6 Å². The van der Waals surface area contributed by atoms with Crippen molar-refractivity contribution in [3.05, 3.63) is 59.7 Å². The van der Waals surface area contributed by atoms with Crippen molar-refractivity contribution < 1.29 is 22.8 Å². The molecule has 2 aliphatic rings. The molecule has 2 saturated heterocycles. The maximum Gasteiger partial charge on any atom is 0.416 e. The molecule has 0 aliphatic carbocycles. The number of piperidine rings is 1. The maximum atomic E-state index is 12.9. The average Bonchev–Trinajstić information content (AvgIpc) is 3.35. The number of carbonyl (C=O) groups is 2. The van der Waals surface area contributed by atoms with Crippen LogP contribution in [-0.2, 0) is 11.0 Å². The summed E-state index contributed by atoms with van der Waals surface area (Å²) in [6.45, 7) is 3.39. The van der Waals surface area contributed by atoms with Crippen molar-refractivity contribution >= 4 is 29.3 Å². The zero-order chi connectivity index (χ0) is 25.7. The highest BCUT2D eigenvalue weighted by Crippen LogP contribution is 2.30. The molecule has 2 N–H and O–H groups in total. The molecule has 0 radical (unpaired) electrons. The Morgan fingerprint density at radius 3 is 2.50 bits per heavy atom. The molecule has 2 amide bonds. The highest BCUT2D eigenvalue weighted by Gasteiger charge is 2.32. The molecule has 4 rings (SSSR count). The van der Waals surface area contributed by atoms with Crippen LogP contribution in [0.4, 0.5) is 18.9 Å². The minimum Gasteiger partial charge on any atom is -0.371 e. The van der Waals surface area contributed by atoms with Crippen LogP contribution in [0.1, 0.15) is 35.2 Å². The van der Waals surface area contributed by atoms with E-state index < -0.39 is 17.6 Å². The summed E-state index contributed by atoms with van der Waals surface area (Å²) in [7, 11) is 0. The van der Waals surface area contributed by atoms with Gasteiger partial charge in [0.05, 0.1) is 12.1 Å². The first-order valence-electron chi connectivity index (χ1n) is 12.1.